The lowest BCUT2D eigenvalue weighted by Gasteiger charge is -2.07. The second-order valence-electron chi connectivity index (χ2n) is 3.15. The number of anilines is 2. The molecule has 0 amide bonds. The number of halogens is 3. The average molecular weight is 362 g/mol. The highest BCUT2D eigenvalue weighted by molar-refractivity contribution is 9.10. The molecule has 5 heteroatoms. The van der Waals surface area contributed by atoms with Crippen molar-refractivity contribution in [2.75, 3.05) is 5.32 Å². The molecule has 1 heterocycles. The molecular weight excluding hydrogens is 355 g/mol. The number of nitrogens with zero attached hydrogens (tertiary/aromatic N) is 1. The van der Waals surface area contributed by atoms with E-state index in [1.54, 1.807) is 12.4 Å². The SMILES string of the molecule is Clc1cc(Nc2cncc(Br)c2)ccc1Br. The molecule has 1 N–H and O–H groups in total. The van der Waals surface area contributed by atoms with E-state index in [9.17, 15) is 0 Å². The van der Waals surface area contributed by atoms with Crippen molar-refractivity contribution in [3.63, 3.8) is 0 Å². The summed E-state index contributed by atoms with van der Waals surface area (Å²) in [4.78, 5) is 4.07. The van der Waals surface area contributed by atoms with Gasteiger partial charge in [0.25, 0.3) is 0 Å². The van der Waals surface area contributed by atoms with Gasteiger partial charge in [0, 0.05) is 20.8 Å². The molecule has 0 aliphatic heterocycles. The molecular formula is C11H7Br2ClN2. The molecule has 2 rings (SSSR count). The van der Waals surface area contributed by atoms with Crippen LogP contribution >= 0.6 is 43.5 Å². The Morgan fingerprint density at radius 2 is 1.88 bits per heavy atom. The Kier molecular flexibility index (Phi) is 3.84. The van der Waals surface area contributed by atoms with Crippen LogP contribution in [0.1, 0.15) is 0 Å². The zero-order valence-electron chi connectivity index (χ0n) is 8.05. The number of benzene rings is 1. The molecule has 0 saturated heterocycles. The van der Waals surface area contributed by atoms with Gasteiger partial charge in [0.1, 0.15) is 0 Å². The maximum Gasteiger partial charge on any atom is 0.0582 e. The Bertz CT molecular complexity index is 517. The minimum Gasteiger partial charge on any atom is -0.354 e. The average Bonchev–Trinajstić information content (AvgIpc) is 2.24. The molecule has 1 aromatic carbocycles. The summed E-state index contributed by atoms with van der Waals surface area (Å²) in [5.41, 5.74) is 1.83. The maximum absolute atomic E-state index is 6.00. The zero-order chi connectivity index (χ0) is 11.5. The maximum atomic E-state index is 6.00. The monoisotopic (exact) mass is 360 g/mol. The molecule has 0 atom stereocenters. The third-order valence-electron chi connectivity index (χ3n) is 1.91. The zero-order valence-corrected chi connectivity index (χ0v) is 12.0. The van der Waals surface area contributed by atoms with Crippen molar-refractivity contribution >= 4 is 54.8 Å². The number of hydrogen-bond acceptors (Lipinski definition) is 2. The normalized spacial score (nSPS) is 10.2. The summed E-state index contributed by atoms with van der Waals surface area (Å²) >= 11 is 12.7. The van der Waals surface area contributed by atoms with Crippen molar-refractivity contribution in [1.82, 2.24) is 4.98 Å². The molecule has 1 aromatic heterocycles. The first-order chi connectivity index (χ1) is 7.65. The Morgan fingerprint density at radius 1 is 1.06 bits per heavy atom. The van der Waals surface area contributed by atoms with Crippen molar-refractivity contribution in [1.29, 1.82) is 0 Å². The van der Waals surface area contributed by atoms with Crippen molar-refractivity contribution in [3.05, 3.63) is 50.6 Å². The molecule has 82 valence electrons. The van der Waals surface area contributed by atoms with Crippen LogP contribution in [0.3, 0.4) is 0 Å². The summed E-state index contributed by atoms with van der Waals surface area (Å²) in [5.74, 6) is 0. The van der Waals surface area contributed by atoms with Crippen LogP contribution in [-0.2, 0) is 0 Å². The van der Waals surface area contributed by atoms with E-state index in [0.717, 1.165) is 20.3 Å². The van der Waals surface area contributed by atoms with Gasteiger partial charge in [0.05, 0.1) is 16.9 Å². The van der Waals surface area contributed by atoms with Gasteiger partial charge in [0.15, 0.2) is 0 Å². The lowest BCUT2D eigenvalue weighted by molar-refractivity contribution is 1.30. The van der Waals surface area contributed by atoms with Crippen LogP contribution in [0.2, 0.25) is 5.02 Å². The minimum absolute atomic E-state index is 0.674. The molecule has 0 bridgehead atoms. The minimum atomic E-state index is 0.674. The summed E-state index contributed by atoms with van der Waals surface area (Å²) in [6.45, 7) is 0. The van der Waals surface area contributed by atoms with Crippen LogP contribution < -0.4 is 5.32 Å². The van der Waals surface area contributed by atoms with Crippen LogP contribution in [0.4, 0.5) is 11.4 Å². The number of pyridine rings is 1. The van der Waals surface area contributed by atoms with Crippen LogP contribution in [0.25, 0.3) is 0 Å². The Morgan fingerprint density at radius 3 is 2.56 bits per heavy atom. The van der Waals surface area contributed by atoms with E-state index < -0.39 is 0 Å². The van der Waals surface area contributed by atoms with E-state index in [1.807, 2.05) is 24.3 Å². The quantitative estimate of drug-likeness (QED) is 0.813. The summed E-state index contributed by atoms with van der Waals surface area (Å²) in [6.07, 6.45) is 3.49. The lowest BCUT2D eigenvalue weighted by atomic mass is 10.3. The van der Waals surface area contributed by atoms with Crippen molar-refractivity contribution in [2.24, 2.45) is 0 Å². The summed E-state index contributed by atoms with van der Waals surface area (Å²) in [6, 6.07) is 7.64. The molecule has 2 nitrogen and oxygen atoms in total. The van der Waals surface area contributed by atoms with Crippen LogP contribution in [-0.4, -0.2) is 4.98 Å². The van der Waals surface area contributed by atoms with Gasteiger partial charge in [-0.15, -0.1) is 0 Å². The Balaban J connectivity index is 2.24. The molecule has 0 saturated carbocycles. The van der Waals surface area contributed by atoms with Crippen molar-refractivity contribution in [3.8, 4) is 0 Å². The van der Waals surface area contributed by atoms with E-state index >= 15 is 0 Å². The van der Waals surface area contributed by atoms with Crippen LogP contribution in [0.15, 0.2) is 45.6 Å². The Labute approximate surface area is 115 Å². The van der Waals surface area contributed by atoms with Gasteiger partial charge in [-0.25, -0.2) is 0 Å². The van der Waals surface area contributed by atoms with Crippen molar-refractivity contribution < 1.29 is 0 Å². The smallest absolute Gasteiger partial charge is 0.0582 e. The first-order valence-corrected chi connectivity index (χ1v) is 6.44. The van der Waals surface area contributed by atoms with E-state index in [2.05, 4.69) is 42.2 Å². The van der Waals surface area contributed by atoms with Gasteiger partial charge in [-0.3, -0.25) is 4.98 Å². The highest BCUT2D eigenvalue weighted by atomic mass is 79.9. The molecule has 0 unspecified atom stereocenters. The fraction of sp³-hybridized carbons (Fsp3) is 0. The molecule has 0 fully saturated rings. The third kappa shape index (κ3) is 2.97. The highest BCUT2D eigenvalue weighted by Crippen LogP contribution is 2.27. The standard InChI is InChI=1S/C11H7Br2ClN2/c12-7-3-9(6-15-5-7)16-8-1-2-10(13)11(14)4-8/h1-6,16H. The predicted molar refractivity (Wildman–Crippen MR) is 74.4 cm³/mol. The first kappa shape index (κ1) is 11.9. The molecule has 0 aliphatic carbocycles. The second-order valence-corrected chi connectivity index (χ2v) is 5.32. The van der Waals surface area contributed by atoms with Gasteiger partial charge in [-0.05, 0) is 56.1 Å². The largest absolute Gasteiger partial charge is 0.354 e. The lowest BCUT2D eigenvalue weighted by Crippen LogP contribution is -1.90. The first-order valence-electron chi connectivity index (χ1n) is 4.48. The van der Waals surface area contributed by atoms with Gasteiger partial charge in [-0.2, -0.15) is 0 Å². The van der Waals surface area contributed by atoms with E-state index in [1.165, 1.54) is 0 Å². The number of rotatable bonds is 2. The number of nitrogens with one attached hydrogen (secondary N) is 1. The second kappa shape index (κ2) is 5.17. The fourth-order valence-corrected chi connectivity index (χ4v) is 2.01. The van der Waals surface area contributed by atoms with Crippen molar-refractivity contribution in [2.45, 2.75) is 0 Å². The Hall–Kier alpha value is -0.580. The highest BCUT2D eigenvalue weighted by Gasteiger charge is 2.00. The number of aromatic nitrogens is 1. The van der Waals surface area contributed by atoms with E-state index in [-0.39, 0.29) is 0 Å². The van der Waals surface area contributed by atoms with Crippen LogP contribution in [0, 0.1) is 0 Å². The molecule has 0 radical (unpaired) electrons. The predicted octanol–water partition coefficient (Wildman–Crippen LogP) is 5.00. The van der Waals surface area contributed by atoms with Gasteiger partial charge in [-0.1, -0.05) is 11.6 Å². The van der Waals surface area contributed by atoms with Gasteiger partial charge in [0.2, 0.25) is 0 Å². The number of hydrogen-bond donors (Lipinski definition) is 1. The van der Waals surface area contributed by atoms with E-state index in [0.29, 0.717) is 5.02 Å². The summed E-state index contributed by atoms with van der Waals surface area (Å²) < 4.78 is 1.81. The molecule has 2 aromatic rings. The molecule has 16 heavy (non-hydrogen) atoms. The summed E-state index contributed by atoms with van der Waals surface area (Å²) in [5, 5.41) is 3.89. The fourth-order valence-electron chi connectivity index (χ4n) is 1.22. The van der Waals surface area contributed by atoms with Gasteiger partial charge >= 0.3 is 0 Å². The molecule has 0 spiro atoms. The van der Waals surface area contributed by atoms with Crippen LogP contribution in [0.5, 0.6) is 0 Å². The topological polar surface area (TPSA) is 24.9 Å². The molecule has 0 aliphatic rings. The third-order valence-corrected chi connectivity index (χ3v) is 3.58. The summed E-state index contributed by atoms with van der Waals surface area (Å²) in [7, 11) is 0. The van der Waals surface area contributed by atoms with E-state index in [4.69, 9.17) is 11.6 Å². The van der Waals surface area contributed by atoms with Gasteiger partial charge < -0.3 is 5.32 Å².